The molecule has 1 unspecified atom stereocenters. The number of benzene rings is 1. The number of primary amides is 1. The maximum absolute atomic E-state index is 11.7. The molecule has 1 heterocycles. The highest BCUT2D eigenvalue weighted by Crippen LogP contribution is 2.53. The van der Waals surface area contributed by atoms with Crippen LogP contribution >= 0.6 is 0 Å². The Balaban J connectivity index is 2.22. The molecule has 1 aromatic carbocycles. The van der Waals surface area contributed by atoms with Crippen LogP contribution in [0.2, 0.25) is 0 Å². The van der Waals surface area contributed by atoms with Gasteiger partial charge in [-0.2, -0.15) is 0 Å². The van der Waals surface area contributed by atoms with Crippen LogP contribution in [0.1, 0.15) is 77.6 Å². The Kier molecular flexibility index (Phi) is 4.14. The van der Waals surface area contributed by atoms with Crippen LogP contribution in [0, 0.1) is 0 Å². The van der Waals surface area contributed by atoms with Crippen LogP contribution in [-0.4, -0.2) is 22.0 Å². The van der Waals surface area contributed by atoms with Gasteiger partial charge in [0.15, 0.2) is 0 Å². The molecule has 1 aliphatic carbocycles. The summed E-state index contributed by atoms with van der Waals surface area (Å²) < 4.78 is 0. The molecule has 3 rings (SSSR count). The molecule has 3 N–H and O–H groups in total. The van der Waals surface area contributed by atoms with Gasteiger partial charge in [-0.1, -0.05) is 33.8 Å². The van der Waals surface area contributed by atoms with Crippen molar-refractivity contribution < 1.29 is 14.7 Å². The smallest absolute Gasteiger partial charge is 0.337 e. The molecule has 0 bridgehead atoms. The monoisotopic (exact) mass is 352 g/mol. The van der Waals surface area contributed by atoms with Crippen molar-refractivity contribution in [1.29, 1.82) is 0 Å². The summed E-state index contributed by atoms with van der Waals surface area (Å²) in [6.07, 6.45) is 2.38. The van der Waals surface area contributed by atoms with Gasteiger partial charge in [0.25, 0.3) is 0 Å². The summed E-state index contributed by atoms with van der Waals surface area (Å²) in [4.78, 5) is 27.8. The number of aromatic nitrogens is 1. The molecule has 0 spiro atoms. The molecule has 5 nitrogen and oxygen atoms in total. The summed E-state index contributed by atoms with van der Waals surface area (Å²) in [6.45, 7) is 8.44. The number of aromatic carboxylic acids is 1. The molecule has 26 heavy (non-hydrogen) atoms. The zero-order valence-electron chi connectivity index (χ0n) is 15.5. The number of pyridine rings is 1. The Morgan fingerprint density at radius 2 is 1.85 bits per heavy atom. The summed E-state index contributed by atoms with van der Waals surface area (Å²) in [6, 6.07) is 8.84. The SMILES string of the molecule is CC1(C)CC(c2ncccc2C(=O)O)C(C)(C)c2ccc(C(N)=O)cc21. The largest absolute Gasteiger partial charge is 0.478 e. The molecule has 2 aromatic rings. The first-order valence-electron chi connectivity index (χ1n) is 8.68. The van der Waals surface area contributed by atoms with Gasteiger partial charge in [-0.15, -0.1) is 0 Å². The van der Waals surface area contributed by atoms with Crippen molar-refractivity contribution >= 4 is 11.9 Å². The summed E-state index contributed by atoms with van der Waals surface area (Å²) in [5, 5.41) is 9.60. The molecule has 0 fully saturated rings. The lowest BCUT2D eigenvalue weighted by Gasteiger charge is -2.47. The maximum Gasteiger partial charge on any atom is 0.337 e. The Bertz CT molecular complexity index is 900. The number of nitrogens with two attached hydrogens (primary N) is 1. The topological polar surface area (TPSA) is 93.3 Å². The number of carboxylic acid groups (broad SMARTS) is 1. The minimum absolute atomic E-state index is 0.0586. The lowest BCUT2D eigenvalue weighted by Crippen LogP contribution is -2.41. The molecular weight excluding hydrogens is 328 g/mol. The lowest BCUT2D eigenvalue weighted by atomic mass is 9.56. The van der Waals surface area contributed by atoms with Crippen molar-refractivity contribution in [3.8, 4) is 0 Å². The van der Waals surface area contributed by atoms with Gasteiger partial charge in [0.2, 0.25) is 5.91 Å². The van der Waals surface area contributed by atoms with Gasteiger partial charge < -0.3 is 10.8 Å². The normalized spacial score (nSPS) is 20.2. The van der Waals surface area contributed by atoms with Gasteiger partial charge in [0, 0.05) is 17.7 Å². The predicted molar refractivity (Wildman–Crippen MR) is 99.6 cm³/mol. The lowest BCUT2D eigenvalue weighted by molar-refractivity contribution is 0.0692. The molecule has 5 heteroatoms. The van der Waals surface area contributed by atoms with Crippen molar-refractivity contribution in [2.24, 2.45) is 5.73 Å². The van der Waals surface area contributed by atoms with E-state index in [4.69, 9.17) is 5.73 Å². The number of nitrogens with zero attached hydrogens (tertiary/aromatic N) is 1. The Morgan fingerprint density at radius 3 is 2.46 bits per heavy atom. The van der Waals surface area contributed by atoms with Crippen LogP contribution in [0.15, 0.2) is 36.5 Å². The third-order valence-corrected chi connectivity index (χ3v) is 5.71. The molecule has 1 aliphatic rings. The van der Waals surface area contributed by atoms with Gasteiger partial charge in [0.05, 0.1) is 11.3 Å². The van der Waals surface area contributed by atoms with Gasteiger partial charge in [-0.25, -0.2) is 4.79 Å². The molecular formula is C21H24N2O3. The second-order valence-electron chi connectivity index (χ2n) is 8.23. The second-order valence-corrected chi connectivity index (χ2v) is 8.23. The standard InChI is InChI=1S/C21H24N2O3/c1-20(2)11-16(17-13(19(25)26)6-5-9-23-17)21(3,4)14-8-7-12(18(22)24)10-15(14)20/h5-10,16H,11H2,1-4H3,(H2,22,24)(H,25,26). The number of amides is 1. The van der Waals surface area contributed by atoms with E-state index in [2.05, 4.69) is 32.7 Å². The van der Waals surface area contributed by atoms with Gasteiger partial charge in [-0.3, -0.25) is 9.78 Å². The summed E-state index contributed by atoms with van der Waals surface area (Å²) in [5.41, 5.74) is 8.43. The predicted octanol–water partition coefficient (Wildman–Crippen LogP) is 3.62. The third kappa shape index (κ3) is 2.77. The van der Waals surface area contributed by atoms with Gasteiger partial charge >= 0.3 is 5.97 Å². The molecule has 1 atom stereocenters. The quantitative estimate of drug-likeness (QED) is 0.882. The van der Waals surface area contributed by atoms with E-state index in [1.54, 1.807) is 24.4 Å². The first kappa shape index (κ1) is 18.1. The van der Waals surface area contributed by atoms with Crippen molar-refractivity contribution in [3.63, 3.8) is 0 Å². The first-order valence-corrected chi connectivity index (χ1v) is 8.68. The molecule has 0 radical (unpaired) electrons. The zero-order valence-corrected chi connectivity index (χ0v) is 15.5. The Morgan fingerprint density at radius 1 is 1.15 bits per heavy atom. The van der Waals surface area contributed by atoms with Crippen LogP contribution in [0.4, 0.5) is 0 Å². The van der Waals surface area contributed by atoms with Crippen molar-refractivity contribution in [2.45, 2.75) is 50.9 Å². The minimum atomic E-state index is -0.962. The highest BCUT2D eigenvalue weighted by atomic mass is 16.4. The van der Waals surface area contributed by atoms with Crippen LogP contribution in [0.5, 0.6) is 0 Å². The summed E-state index contributed by atoms with van der Waals surface area (Å²) in [7, 11) is 0. The van der Waals surface area contributed by atoms with Crippen LogP contribution in [0.25, 0.3) is 0 Å². The molecule has 0 saturated carbocycles. The first-order chi connectivity index (χ1) is 12.1. The highest BCUT2D eigenvalue weighted by Gasteiger charge is 2.46. The van der Waals surface area contributed by atoms with E-state index in [1.807, 2.05) is 12.1 Å². The van der Waals surface area contributed by atoms with Crippen LogP contribution in [-0.2, 0) is 10.8 Å². The maximum atomic E-state index is 11.7. The highest BCUT2D eigenvalue weighted by molar-refractivity contribution is 5.93. The van der Waals surface area contributed by atoms with Crippen LogP contribution < -0.4 is 5.73 Å². The third-order valence-electron chi connectivity index (χ3n) is 5.71. The fourth-order valence-electron chi connectivity index (χ4n) is 4.20. The average Bonchev–Trinajstić information content (AvgIpc) is 2.58. The van der Waals surface area contributed by atoms with E-state index >= 15 is 0 Å². The second kappa shape index (κ2) is 5.94. The number of hydrogen-bond acceptors (Lipinski definition) is 3. The number of rotatable bonds is 3. The number of carbonyl (C=O) groups excluding carboxylic acids is 1. The van der Waals surface area contributed by atoms with E-state index in [0.29, 0.717) is 11.3 Å². The molecule has 136 valence electrons. The van der Waals surface area contributed by atoms with E-state index < -0.39 is 11.9 Å². The minimum Gasteiger partial charge on any atom is -0.478 e. The average molecular weight is 352 g/mol. The van der Waals surface area contributed by atoms with Crippen molar-refractivity contribution in [2.75, 3.05) is 0 Å². The number of carboxylic acids is 1. The number of carbonyl (C=O) groups is 2. The summed E-state index contributed by atoms with van der Waals surface area (Å²) >= 11 is 0. The Labute approximate surface area is 153 Å². The van der Waals surface area contributed by atoms with Crippen molar-refractivity contribution in [3.05, 3.63) is 64.5 Å². The summed E-state index contributed by atoms with van der Waals surface area (Å²) in [5.74, 6) is -1.46. The fourth-order valence-corrected chi connectivity index (χ4v) is 4.20. The van der Waals surface area contributed by atoms with Crippen LogP contribution in [0.3, 0.4) is 0 Å². The molecule has 0 saturated heterocycles. The van der Waals surface area contributed by atoms with E-state index in [1.165, 1.54) is 0 Å². The molecule has 0 aliphatic heterocycles. The molecule has 1 aromatic heterocycles. The Hall–Kier alpha value is -2.69. The van der Waals surface area contributed by atoms with Crippen molar-refractivity contribution in [1.82, 2.24) is 4.98 Å². The number of fused-ring (bicyclic) bond motifs is 1. The number of hydrogen-bond donors (Lipinski definition) is 2. The van der Waals surface area contributed by atoms with Gasteiger partial charge in [0.1, 0.15) is 0 Å². The van der Waals surface area contributed by atoms with E-state index in [9.17, 15) is 14.7 Å². The zero-order chi connectivity index (χ0) is 19.3. The van der Waals surface area contributed by atoms with E-state index in [-0.39, 0.29) is 22.3 Å². The fraction of sp³-hybridized carbons (Fsp3) is 0.381. The van der Waals surface area contributed by atoms with Gasteiger partial charge in [-0.05, 0) is 52.6 Å². The van der Waals surface area contributed by atoms with E-state index in [0.717, 1.165) is 17.5 Å². The molecule has 1 amide bonds.